The number of anilines is 1. The van der Waals surface area contributed by atoms with Crippen molar-refractivity contribution in [1.29, 1.82) is 0 Å². The van der Waals surface area contributed by atoms with Crippen molar-refractivity contribution < 1.29 is 9.90 Å². The van der Waals surface area contributed by atoms with Crippen LogP contribution in [0, 0.1) is 6.92 Å². The second kappa shape index (κ2) is 7.92. The van der Waals surface area contributed by atoms with Crippen LogP contribution in [0.2, 0.25) is 0 Å². The Bertz CT molecular complexity index is 1140. The van der Waals surface area contributed by atoms with Crippen molar-refractivity contribution in [1.82, 2.24) is 4.98 Å². The van der Waals surface area contributed by atoms with Crippen LogP contribution >= 0.6 is 22.7 Å². The minimum Gasteiger partial charge on any atom is -0.478 e. The highest BCUT2D eigenvalue weighted by molar-refractivity contribution is 7.22. The van der Waals surface area contributed by atoms with E-state index in [0.717, 1.165) is 36.2 Å². The van der Waals surface area contributed by atoms with Gasteiger partial charge in [-0.1, -0.05) is 35.6 Å². The summed E-state index contributed by atoms with van der Waals surface area (Å²) in [7, 11) is 0. The van der Waals surface area contributed by atoms with Crippen LogP contribution in [0.5, 0.6) is 0 Å². The molecule has 0 atom stereocenters. The fourth-order valence-electron chi connectivity index (χ4n) is 2.92. The summed E-state index contributed by atoms with van der Waals surface area (Å²) in [6.45, 7) is 1.85. The molecule has 140 valence electrons. The summed E-state index contributed by atoms with van der Waals surface area (Å²) in [6.07, 6.45) is 2.52. The van der Waals surface area contributed by atoms with Gasteiger partial charge in [0.25, 0.3) is 0 Å². The number of aromatic nitrogens is 1. The summed E-state index contributed by atoms with van der Waals surface area (Å²) >= 11 is 3.21. The zero-order valence-corrected chi connectivity index (χ0v) is 16.7. The molecule has 0 bridgehead atoms. The first-order valence-electron chi connectivity index (χ1n) is 8.67. The lowest BCUT2D eigenvalue weighted by atomic mass is 10.0. The first-order valence-corrected chi connectivity index (χ1v) is 10.3. The molecular formula is C21H17N3O2S2. The predicted octanol–water partition coefficient (Wildman–Crippen LogP) is 5.67. The van der Waals surface area contributed by atoms with Gasteiger partial charge in [0.15, 0.2) is 0 Å². The van der Waals surface area contributed by atoms with Crippen LogP contribution in [0.25, 0.3) is 20.7 Å². The van der Waals surface area contributed by atoms with Gasteiger partial charge in [-0.25, -0.2) is 9.78 Å². The highest BCUT2D eigenvalue weighted by atomic mass is 32.1. The quantitative estimate of drug-likeness (QED) is 0.319. The zero-order valence-electron chi connectivity index (χ0n) is 15.0. The third-order valence-electron chi connectivity index (χ3n) is 4.33. The number of hydrazone groups is 1. The van der Waals surface area contributed by atoms with Crippen molar-refractivity contribution in [3.8, 4) is 10.4 Å². The molecule has 7 heteroatoms. The van der Waals surface area contributed by atoms with Gasteiger partial charge in [0.05, 0.1) is 15.8 Å². The fraction of sp³-hybridized carbons (Fsp3) is 0.0952. The van der Waals surface area contributed by atoms with Crippen LogP contribution in [0.4, 0.5) is 5.13 Å². The number of hydrogen-bond acceptors (Lipinski definition) is 6. The van der Waals surface area contributed by atoms with E-state index in [0.29, 0.717) is 12.0 Å². The predicted molar refractivity (Wildman–Crippen MR) is 117 cm³/mol. The summed E-state index contributed by atoms with van der Waals surface area (Å²) in [5.74, 6) is -0.899. The van der Waals surface area contributed by atoms with Gasteiger partial charge in [-0.15, -0.1) is 11.3 Å². The van der Waals surface area contributed by atoms with E-state index in [1.54, 1.807) is 34.8 Å². The van der Waals surface area contributed by atoms with E-state index in [4.69, 9.17) is 0 Å². The highest BCUT2D eigenvalue weighted by Crippen LogP contribution is 2.32. The minimum atomic E-state index is -0.899. The van der Waals surface area contributed by atoms with E-state index in [1.807, 2.05) is 49.5 Å². The SMILES string of the molecule is Cc1c(C(=O)O)cccc1-c1ccc(CC=NNc2nc3ccccc3s2)s1. The van der Waals surface area contributed by atoms with Crippen LogP contribution in [-0.2, 0) is 6.42 Å². The number of rotatable bonds is 6. The molecule has 0 spiro atoms. The third-order valence-corrected chi connectivity index (χ3v) is 6.41. The Morgan fingerprint density at radius 2 is 2.00 bits per heavy atom. The van der Waals surface area contributed by atoms with E-state index in [-0.39, 0.29) is 0 Å². The number of carboxylic acid groups (broad SMARTS) is 1. The van der Waals surface area contributed by atoms with E-state index in [2.05, 4.69) is 21.6 Å². The van der Waals surface area contributed by atoms with Crippen molar-refractivity contribution in [2.75, 3.05) is 5.43 Å². The second-order valence-corrected chi connectivity index (χ2v) is 8.36. The standard InChI is InChI=1S/C21H17N3O2S2/c1-13-15(5-4-6-16(13)20(25)26)18-10-9-14(27-18)11-12-22-24-21-23-17-7-2-3-8-19(17)28-21/h2-10,12H,11H2,1H3,(H,23,24)(H,25,26). The molecule has 0 fully saturated rings. The molecule has 0 amide bonds. The minimum absolute atomic E-state index is 0.342. The number of carboxylic acids is 1. The van der Waals surface area contributed by atoms with Gasteiger partial charge in [0, 0.05) is 22.4 Å². The lowest BCUT2D eigenvalue weighted by Crippen LogP contribution is -2.00. The molecule has 4 aromatic rings. The monoisotopic (exact) mass is 407 g/mol. The zero-order chi connectivity index (χ0) is 19.5. The number of carbonyl (C=O) groups is 1. The van der Waals surface area contributed by atoms with Gasteiger partial charge in [0.2, 0.25) is 5.13 Å². The molecule has 28 heavy (non-hydrogen) atoms. The van der Waals surface area contributed by atoms with Gasteiger partial charge in [0.1, 0.15) is 0 Å². The molecule has 0 saturated carbocycles. The van der Waals surface area contributed by atoms with E-state index < -0.39 is 5.97 Å². The van der Waals surface area contributed by atoms with Gasteiger partial charge in [-0.05, 0) is 48.4 Å². The van der Waals surface area contributed by atoms with Gasteiger partial charge in [-0.2, -0.15) is 5.10 Å². The summed E-state index contributed by atoms with van der Waals surface area (Å²) in [5.41, 5.74) is 6.04. The van der Waals surface area contributed by atoms with Crippen molar-refractivity contribution >= 4 is 50.2 Å². The molecular weight excluding hydrogens is 390 g/mol. The van der Waals surface area contributed by atoms with Crippen LogP contribution in [0.1, 0.15) is 20.8 Å². The lowest BCUT2D eigenvalue weighted by molar-refractivity contribution is 0.0696. The molecule has 2 heterocycles. The highest BCUT2D eigenvalue weighted by Gasteiger charge is 2.12. The summed E-state index contributed by atoms with van der Waals surface area (Å²) in [6, 6.07) is 17.4. The van der Waals surface area contributed by atoms with Crippen LogP contribution in [0.15, 0.2) is 59.7 Å². The molecule has 0 radical (unpaired) electrons. The van der Waals surface area contributed by atoms with Crippen molar-refractivity contribution in [2.45, 2.75) is 13.3 Å². The topological polar surface area (TPSA) is 74.6 Å². The Morgan fingerprint density at radius 1 is 1.14 bits per heavy atom. The van der Waals surface area contributed by atoms with Crippen LogP contribution in [-0.4, -0.2) is 22.3 Å². The van der Waals surface area contributed by atoms with Crippen LogP contribution < -0.4 is 5.43 Å². The number of fused-ring (bicyclic) bond motifs is 1. The molecule has 0 saturated heterocycles. The maximum Gasteiger partial charge on any atom is 0.335 e. The summed E-state index contributed by atoms with van der Waals surface area (Å²) < 4.78 is 1.13. The smallest absolute Gasteiger partial charge is 0.335 e. The Hall–Kier alpha value is -3.03. The first kappa shape index (κ1) is 18.3. The Kier molecular flexibility index (Phi) is 5.18. The normalized spacial score (nSPS) is 11.3. The molecule has 2 aromatic carbocycles. The molecule has 0 aliphatic carbocycles. The number of benzene rings is 2. The molecule has 0 unspecified atom stereocenters. The van der Waals surface area contributed by atoms with Crippen LogP contribution in [0.3, 0.4) is 0 Å². The van der Waals surface area contributed by atoms with Gasteiger partial charge in [-0.3, -0.25) is 5.43 Å². The summed E-state index contributed by atoms with van der Waals surface area (Å²) in [5, 5.41) is 14.3. The Labute approximate surface area is 170 Å². The maximum atomic E-state index is 11.3. The number of hydrogen-bond donors (Lipinski definition) is 2. The molecule has 5 nitrogen and oxygen atoms in total. The number of nitrogens with zero attached hydrogens (tertiary/aromatic N) is 2. The van der Waals surface area contributed by atoms with Gasteiger partial charge < -0.3 is 5.11 Å². The first-order chi connectivity index (χ1) is 13.6. The number of thiophene rings is 1. The average Bonchev–Trinajstić information content (AvgIpc) is 3.31. The third kappa shape index (κ3) is 3.81. The molecule has 0 aliphatic rings. The Morgan fingerprint density at radius 3 is 2.82 bits per heavy atom. The van der Waals surface area contributed by atoms with Crippen molar-refractivity contribution in [3.05, 3.63) is 70.6 Å². The largest absolute Gasteiger partial charge is 0.478 e. The molecule has 4 rings (SSSR count). The van der Waals surface area contributed by atoms with E-state index >= 15 is 0 Å². The van der Waals surface area contributed by atoms with Gasteiger partial charge >= 0.3 is 5.97 Å². The van der Waals surface area contributed by atoms with Crippen molar-refractivity contribution in [2.24, 2.45) is 5.10 Å². The Balaban J connectivity index is 1.43. The fourth-order valence-corrected chi connectivity index (χ4v) is 4.78. The van der Waals surface area contributed by atoms with E-state index in [9.17, 15) is 9.90 Å². The average molecular weight is 408 g/mol. The number of para-hydroxylation sites is 1. The molecule has 2 N–H and O–H groups in total. The summed E-state index contributed by atoms with van der Waals surface area (Å²) in [4.78, 5) is 18.0. The lowest BCUT2D eigenvalue weighted by Gasteiger charge is -2.06. The second-order valence-electron chi connectivity index (χ2n) is 6.16. The molecule has 2 aromatic heterocycles. The number of nitrogens with one attached hydrogen (secondary N) is 1. The number of aromatic carboxylic acids is 1. The van der Waals surface area contributed by atoms with Crippen molar-refractivity contribution in [3.63, 3.8) is 0 Å². The number of thiazole rings is 1. The maximum absolute atomic E-state index is 11.3. The molecule has 0 aliphatic heterocycles. The van der Waals surface area contributed by atoms with E-state index in [1.165, 1.54) is 0 Å².